The quantitative estimate of drug-likeness (QED) is 0.0249. The fourth-order valence-electron chi connectivity index (χ4n) is 10.8. The van der Waals surface area contributed by atoms with Crippen molar-refractivity contribution in [3.05, 3.63) is 193 Å². The maximum Gasteiger partial charge on any atom is 0.330 e. The van der Waals surface area contributed by atoms with Crippen LogP contribution in [0.3, 0.4) is 0 Å². The number of H-pyrrole nitrogens is 1. The Labute approximate surface area is 518 Å². The number of benzene rings is 5. The summed E-state index contributed by atoms with van der Waals surface area (Å²) in [6, 6.07) is 42.6. The SMILES string of the molecule is CCC1(CC)COC(c2ccc(CNC(=O)CCC(C)(C)SSc3ccccc3CCOP(OC3CC(n4cc(C)c(=O)[nH]c4=O)OC3COC(c3ccccc3)(c3ccc(OC)cc3)c3ccc(OC(C)C)cc3)N(C(C)C)C(C)C)cc2)OC1. The van der Waals surface area contributed by atoms with Crippen molar-refractivity contribution in [3.8, 4) is 11.5 Å². The van der Waals surface area contributed by atoms with Crippen LogP contribution in [0.25, 0.3) is 0 Å². The van der Waals surface area contributed by atoms with Gasteiger partial charge < -0.3 is 42.8 Å². The van der Waals surface area contributed by atoms with Gasteiger partial charge in [-0.1, -0.05) is 132 Å². The number of aryl methyl sites for hydroxylation is 1. The first-order valence-electron chi connectivity index (χ1n) is 30.2. The smallest absolute Gasteiger partial charge is 0.330 e. The van der Waals surface area contributed by atoms with E-state index in [1.165, 1.54) is 4.57 Å². The fraction of sp³-hybridized carbons (Fsp3) is 0.485. The molecule has 5 unspecified atom stereocenters. The van der Waals surface area contributed by atoms with Crippen LogP contribution < -0.4 is 26.0 Å². The van der Waals surface area contributed by atoms with Crippen LogP contribution in [-0.4, -0.2) is 88.8 Å². The molecule has 5 aromatic carbocycles. The molecule has 2 saturated heterocycles. The molecule has 0 saturated carbocycles. The second-order valence-electron chi connectivity index (χ2n) is 23.9. The molecule has 18 heteroatoms. The first-order valence-corrected chi connectivity index (χ1v) is 33.5. The lowest BCUT2D eigenvalue weighted by molar-refractivity contribution is -0.235. The number of aromatic nitrogens is 2. The van der Waals surface area contributed by atoms with Gasteiger partial charge in [0, 0.05) is 63.9 Å². The molecule has 2 N–H and O–H groups in total. The van der Waals surface area contributed by atoms with Gasteiger partial charge in [-0.25, -0.2) is 9.46 Å². The molecule has 0 bridgehead atoms. The molecule has 5 atom stereocenters. The number of hydrogen-bond acceptors (Lipinski definition) is 14. The number of methoxy groups -OCH3 is 1. The maximum atomic E-state index is 13.6. The van der Waals surface area contributed by atoms with Gasteiger partial charge in [0.1, 0.15) is 29.4 Å². The molecule has 1 aromatic heterocycles. The van der Waals surface area contributed by atoms with Crippen molar-refractivity contribution in [2.75, 3.05) is 33.5 Å². The van der Waals surface area contributed by atoms with E-state index in [9.17, 15) is 14.4 Å². The summed E-state index contributed by atoms with van der Waals surface area (Å²) in [4.78, 5) is 43.1. The lowest BCUT2D eigenvalue weighted by atomic mass is 9.80. The normalized spacial score (nSPS) is 18.4. The Hall–Kier alpha value is -5.30. The third-order valence-corrected chi connectivity index (χ3v) is 21.7. The van der Waals surface area contributed by atoms with E-state index in [1.807, 2.05) is 105 Å². The molecule has 2 aliphatic rings. The van der Waals surface area contributed by atoms with Gasteiger partial charge in [0.15, 0.2) is 6.29 Å². The van der Waals surface area contributed by atoms with Crippen LogP contribution >= 0.6 is 30.1 Å². The summed E-state index contributed by atoms with van der Waals surface area (Å²) in [6.45, 7) is 25.2. The van der Waals surface area contributed by atoms with Crippen LogP contribution in [0.1, 0.15) is 153 Å². The fourth-order valence-corrected chi connectivity index (χ4v) is 15.2. The highest BCUT2D eigenvalue weighted by Gasteiger charge is 2.45. The van der Waals surface area contributed by atoms with Crippen LogP contribution in [0.4, 0.5) is 0 Å². The highest BCUT2D eigenvalue weighted by molar-refractivity contribution is 8.77. The number of nitrogens with one attached hydrogen (secondary N) is 2. The highest BCUT2D eigenvalue weighted by Crippen LogP contribution is 2.51. The first-order chi connectivity index (χ1) is 41.2. The van der Waals surface area contributed by atoms with Gasteiger partial charge in [-0.05, 0) is 146 Å². The summed E-state index contributed by atoms with van der Waals surface area (Å²) in [5.41, 5.74) is 3.99. The Balaban J connectivity index is 0.964. The molecule has 3 heterocycles. The number of aromatic amines is 1. The zero-order chi connectivity index (χ0) is 61.6. The lowest BCUT2D eigenvalue weighted by Gasteiger charge is -2.39. The summed E-state index contributed by atoms with van der Waals surface area (Å²) in [6.07, 6.45) is 3.04. The molecule has 0 aliphatic carbocycles. The first kappa shape index (κ1) is 66.6. The van der Waals surface area contributed by atoms with Crippen LogP contribution in [0.2, 0.25) is 0 Å². The van der Waals surface area contributed by atoms with Crippen molar-refractivity contribution in [2.45, 2.75) is 179 Å². The molecule has 464 valence electrons. The van der Waals surface area contributed by atoms with Crippen molar-refractivity contribution in [1.29, 1.82) is 0 Å². The Morgan fingerprint density at radius 1 is 0.826 bits per heavy atom. The number of carbonyl (C=O) groups is 1. The van der Waals surface area contributed by atoms with E-state index in [-0.39, 0.29) is 53.6 Å². The predicted molar refractivity (Wildman–Crippen MR) is 345 cm³/mol. The summed E-state index contributed by atoms with van der Waals surface area (Å²) in [7, 11) is 3.39. The summed E-state index contributed by atoms with van der Waals surface area (Å²) in [5.74, 6) is 1.45. The lowest BCUT2D eigenvalue weighted by Crippen LogP contribution is -2.39. The van der Waals surface area contributed by atoms with Crippen LogP contribution in [0.5, 0.6) is 11.5 Å². The molecule has 8 rings (SSSR count). The zero-order valence-electron chi connectivity index (χ0n) is 52.2. The van der Waals surface area contributed by atoms with Crippen LogP contribution in [-0.2, 0) is 51.4 Å². The van der Waals surface area contributed by atoms with Gasteiger partial charge in [-0.15, -0.1) is 0 Å². The molecule has 1 amide bonds. The molecule has 0 spiro atoms. The van der Waals surface area contributed by atoms with E-state index in [0.29, 0.717) is 56.9 Å². The number of carbonyl (C=O) groups excluding carboxylic acids is 1. The van der Waals surface area contributed by atoms with Gasteiger partial charge in [-0.3, -0.25) is 19.1 Å². The maximum absolute atomic E-state index is 13.6. The summed E-state index contributed by atoms with van der Waals surface area (Å²) < 4.78 is 56.2. The predicted octanol–water partition coefficient (Wildman–Crippen LogP) is 14.4. The molecule has 0 radical (unpaired) electrons. The molecule has 6 aromatic rings. The minimum atomic E-state index is -1.74. The minimum Gasteiger partial charge on any atom is -0.497 e. The standard InChI is InChI=1S/C68H89N4O11PS2/c1-13-67(14-2)44-77-64(78-45-67)52-26-24-50(25-27-52)41-69-61(73)36-38-66(10,11)86-85-60-23-19-18-20-51(60)37-39-80-84(72(46(3)4)47(5)6)83-58-40-62(71-42-49(9)63(74)70-65(71)75)82-59(58)43-79-68(53-21-16-15-17-22-53,54-28-32-56(76-12)33-29-54)55-30-34-57(35-31-55)81-48(7)8/h15-35,42,46-48,58-59,62,64H,13-14,36-41,43-45H2,1-12H3,(H,69,73)(H,70,74,75). The second-order valence-corrected chi connectivity index (χ2v) is 28.2. The number of rotatable bonds is 30. The number of hydrogen-bond donors (Lipinski definition) is 2. The number of ether oxygens (including phenoxy) is 6. The van der Waals surface area contributed by atoms with Crippen molar-refractivity contribution in [3.63, 3.8) is 0 Å². The third kappa shape index (κ3) is 17.1. The highest BCUT2D eigenvalue weighted by atomic mass is 33.1. The third-order valence-electron chi connectivity index (χ3n) is 16.1. The van der Waals surface area contributed by atoms with Crippen molar-refractivity contribution < 1.29 is 42.3 Å². The van der Waals surface area contributed by atoms with E-state index in [4.69, 9.17) is 37.5 Å². The van der Waals surface area contributed by atoms with E-state index in [0.717, 1.165) is 56.9 Å². The van der Waals surface area contributed by atoms with Crippen molar-refractivity contribution in [1.82, 2.24) is 19.5 Å². The average molecular weight is 1230 g/mol. The van der Waals surface area contributed by atoms with Gasteiger partial charge >= 0.3 is 5.69 Å². The molecule has 86 heavy (non-hydrogen) atoms. The Morgan fingerprint density at radius 3 is 2.06 bits per heavy atom. The Morgan fingerprint density at radius 2 is 1.44 bits per heavy atom. The topological polar surface area (TPSA) is 161 Å². The van der Waals surface area contributed by atoms with Gasteiger partial charge in [0.25, 0.3) is 14.1 Å². The molecule has 2 aliphatic heterocycles. The molecule has 15 nitrogen and oxygen atoms in total. The van der Waals surface area contributed by atoms with Gasteiger partial charge in [0.05, 0.1) is 45.7 Å². The Bertz CT molecular complexity index is 3200. The summed E-state index contributed by atoms with van der Waals surface area (Å²) >= 11 is 0. The Kier molecular flexibility index (Phi) is 23.8. The minimum absolute atomic E-state index is 0.0155. The monoisotopic (exact) mass is 1230 g/mol. The van der Waals surface area contributed by atoms with Gasteiger partial charge in [0.2, 0.25) is 5.91 Å². The van der Waals surface area contributed by atoms with Crippen LogP contribution in [0, 0.1) is 12.3 Å². The van der Waals surface area contributed by atoms with E-state index < -0.39 is 43.8 Å². The number of nitrogens with zero attached hydrogens (tertiary/aromatic N) is 2. The molecule has 2 fully saturated rings. The summed E-state index contributed by atoms with van der Waals surface area (Å²) in [5, 5.41) is 3.12. The largest absolute Gasteiger partial charge is 0.497 e. The number of amides is 1. The van der Waals surface area contributed by atoms with Crippen molar-refractivity contribution in [2.24, 2.45) is 5.41 Å². The second kappa shape index (κ2) is 30.8. The van der Waals surface area contributed by atoms with E-state index in [2.05, 4.69) is 107 Å². The van der Waals surface area contributed by atoms with Gasteiger partial charge in [-0.2, -0.15) is 0 Å². The van der Waals surface area contributed by atoms with Crippen molar-refractivity contribution >= 4 is 36.0 Å². The average Bonchev–Trinajstić information content (AvgIpc) is 1.44. The van der Waals surface area contributed by atoms with E-state index in [1.54, 1.807) is 41.8 Å². The molecular weight excluding hydrogens is 1140 g/mol. The zero-order valence-corrected chi connectivity index (χ0v) is 54.7. The van der Waals surface area contributed by atoms with E-state index >= 15 is 0 Å². The van der Waals surface area contributed by atoms with Crippen LogP contribution in [0.15, 0.2) is 148 Å². The molecular formula is C68H89N4O11PS2.